The minimum absolute atomic E-state index is 0.00200. The molecule has 202 valence electrons. The Hall–Kier alpha value is -2.49. The molecule has 1 aromatic carbocycles. The summed E-state index contributed by atoms with van der Waals surface area (Å²) >= 11 is 6.23. The molecular formula is C28H34ClN5O3S. The fourth-order valence-electron chi connectivity index (χ4n) is 6.21. The van der Waals surface area contributed by atoms with Gasteiger partial charge in [0.15, 0.2) is 9.84 Å². The highest BCUT2D eigenvalue weighted by Crippen LogP contribution is 2.52. The van der Waals surface area contributed by atoms with Crippen LogP contribution in [0.5, 0.6) is 0 Å². The number of piperidine rings is 1. The highest BCUT2D eigenvalue weighted by molar-refractivity contribution is 7.92. The fourth-order valence-corrected chi connectivity index (χ4v) is 8.55. The van der Waals surface area contributed by atoms with Crippen LogP contribution >= 0.6 is 11.6 Å². The minimum atomic E-state index is -3.38. The largest absolute Gasteiger partial charge is 0.324 e. The Morgan fingerprint density at radius 2 is 1.87 bits per heavy atom. The number of rotatable bonds is 6. The molecular weight excluding hydrogens is 522 g/mol. The Bertz CT molecular complexity index is 1570. The topological polar surface area (TPSA) is 97.2 Å². The highest BCUT2D eigenvalue weighted by atomic mass is 35.5. The minimum Gasteiger partial charge on any atom is -0.324 e. The van der Waals surface area contributed by atoms with Crippen molar-refractivity contribution >= 4 is 44.1 Å². The van der Waals surface area contributed by atoms with E-state index in [2.05, 4.69) is 27.2 Å². The molecule has 0 radical (unpaired) electrons. The summed E-state index contributed by atoms with van der Waals surface area (Å²) in [5.41, 5.74) is 2.02. The third-order valence-corrected chi connectivity index (χ3v) is 11.4. The number of aromatic nitrogens is 3. The van der Waals surface area contributed by atoms with E-state index in [-0.39, 0.29) is 27.3 Å². The Labute approximate surface area is 228 Å². The number of nitrogens with one attached hydrogen (secondary N) is 1. The number of pyridine rings is 1. The number of hydrogen-bond donors (Lipinski definition) is 1. The molecule has 2 aromatic heterocycles. The van der Waals surface area contributed by atoms with Crippen molar-refractivity contribution in [2.75, 3.05) is 25.5 Å². The SMILES string of the molecule is Cc1cc(S(=O)(=O)C2CC3(CCN(C)CC3)C2)ccc1Nc1ncc2cc(Cl)c(=O)n(C(C)C3CC3)c2n1. The van der Waals surface area contributed by atoms with E-state index in [0.29, 0.717) is 27.8 Å². The van der Waals surface area contributed by atoms with E-state index in [1.807, 2.05) is 13.8 Å². The first-order valence-corrected chi connectivity index (χ1v) is 15.4. The van der Waals surface area contributed by atoms with Crippen molar-refractivity contribution in [3.05, 3.63) is 51.4 Å². The molecule has 1 spiro atoms. The van der Waals surface area contributed by atoms with Crippen LogP contribution in [0.3, 0.4) is 0 Å². The monoisotopic (exact) mass is 555 g/mol. The Balaban J connectivity index is 1.23. The van der Waals surface area contributed by atoms with Crippen molar-refractivity contribution in [1.29, 1.82) is 0 Å². The average molecular weight is 556 g/mol. The van der Waals surface area contributed by atoms with Crippen molar-refractivity contribution in [1.82, 2.24) is 19.4 Å². The van der Waals surface area contributed by atoms with Crippen molar-refractivity contribution in [2.45, 2.75) is 68.6 Å². The molecule has 2 aliphatic carbocycles. The van der Waals surface area contributed by atoms with Crippen LogP contribution in [-0.4, -0.2) is 53.2 Å². The molecule has 3 aromatic rings. The summed E-state index contributed by atoms with van der Waals surface area (Å²) in [6.45, 7) is 6.01. The number of sulfone groups is 1. The van der Waals surface area contributed by atoms with Gasteiger partial charge in [0, 0.05) is 23.3 Å². The van der Waals surface area contributed by atoms with Gasteiger partial charge < -0.3 is 10.2 Å². The van der Waals surface area contributed by atoms with E-state index in [4.69, 9.17) is 11.6 Å². The van der Waals surface area contributed by atoms with Gasteiger partial charge in [0.25, 0.3) is 5.56 Å². The molecule has 1 aliphatic heterocycles. The van der Waals surface area contributed by atoms with Crippen molar-refractivity contribution < 1.29 is 8.42 Å². The van der Waals surface area contributed by atoms with Gasteiger partial charge in [-0.05, 0) is 114 Å². The number of aryl methyl sites for hydroxylation is 1. The molecule has 8 nitrogen and oxygen atoms in total. The van der Waals surface area contributed by atoms with E-state index in [1.54, 1.807) is 35.0 Å². The number of benzene rings is 1. The summed E-state index contributed by atoms with van der Waals surface area (Å²) in [6.07, 6.45) is 7.54. The summed E-state index contributed by atoms with van der Waals surface area (Å²) < 4.78 is 28.5. The summed E-state index contributed by atoms with van der Waals surface area (Å²) in [5.74, 6) is 0.792. The molecule has 1 saturated heterocycles. The van der Waals surface area contributed by atoms with Crippen molar-refractivity contribution in [3.8, 4) is 0 Å². The van der Waals surface area contributed by atoms with Crippen LogP contribution in [-0.2, 0) is 9.84 Å². The maximum Gasteiger partial charge on any atom is 0.271 e. The molecule has 3 aliphatic rings. The first-order chi connectivity index (χ1) is 18.1. The van der Waals surface area contributed by atoms with Crippen LogP contribution in [0.25, 0.3) is 11.0 Å². The van der Waals surface area contributed by atoms with Crippen molar-refractivity contribution in [3.63, 3.8) is 0 Å². The lowest BCUT2D eigenvalue weighted by Crippen LogP contribution is -2.50. The normalized spacial score (nSPS) is 20.9. The molecule has 3 fully saturated rings. The molecule has 0 bridgehead atoms. The average Bonchev–Trinajstić information content (AvgIpc) is 3.71. The first-order valence-electron chi connectivity index (χ1n) is 13.4. The van der Waals surface area contributed by atoms with Gasteiger partial charge in [-0.25, -0.2) is 13.4 Å². The maximum absolute atomic E-state index is 13.4. The molecule has 1 atom stereocenters. The summed E-state index contributed by atoms with van der Waals surface area (Å²) in [6, 6.07) is 6.80. The fraction of sp³-hybridized carbons (Fsp3) is 0.536. The van der Waals surface area contributed by atoms with Crippen LogP contribution in [0.4, 0.5) is 11.6 Å². The standard InChI is InChI=1S/C28H34ClN5O3S/c1-17-12-21(38(36,37)22-14-28(15-22)8-10-33(3)11-9-28)6-7-24(17)31-27-30-16-20-13-23(29)26(35)34(25(20)32-27)18(2)19-4-5-19/h6-7,12-13,16,18-19,22H,4-5,8-11,14-15H2,1-3H3,(H,30,31,32). The van der Waals surface area contributed by atoms with E-state index in [1.165, 1.54) is 0 Å². The van der Waals surface area contributed by atoms with Crippen LogP contribution in [0.15, 0.2) is 40.2 Å². The van der Waals surface area contributed by atoms with Gasteiger partial charge >= 0.3 is 0 Å². The van der Waals surface area contributed by atoms with Gasteiger partial charge in [-0.2, -0.15) is 4.98 Å². The smallest absolute Gasteiger partial charge is 0.271 e. The van der Waals surface area contributed by atoms with Crippen LogP contribution in [0, 0.1) is 18.3 Å². The summed E-state index contributed by atoms with van der Waals surface area (Å²) in [7, 11) is -1.25. The number of halogens is 1. The Kier molecular flexibility index (Phi) is 6.31. The van der Waals surface area contributed by atoms with Gasteiger partial charge in [-0.3, -0.25) is 9.36 Å². The van der Waals surface area contributed by atoms with Crippen molar-refractivity contribution in [2.24, 2.45) is 11.3 Å². The first kappa shape index (κ1) is 25.8. The predicted octanol–water partition coefficient (Wildman–Crippen LogP) is 5.12. The molecule has 2 saturated carbocycles. The Morgan fingerprint density at radius 1 is 1.16 bits per heavy atom. The van der Waals surface area contributed by atoms with E-state index in [0.717, 1.165) is 62.9 Å². The second-order valence-electron chi connectivity index (χ2n) is 11.7. The zero-order chi connectivity index (χ0) is 26.8. The van der Waals surface area contributed by atoms with Crippen LogP contribution in [0.1, 0.15) is 57.1 Å². The van der Waals surface area contributed by atoms with Gasteiger partial charge in [-0.1, -0.05) is 11.6 Å². The maximum atomic E-state index is 13.4. The second kappa shape index (κ2) is 9.31. The lowest BCUT2D eigenvalue weighted by atomic mass is 9.63. The zero-order valence-electron chi connectivity index (χ0n) is 22.1. The molecule has 1 unspecified atom stereocenters. The third-order valence-electron chi connectivity index (χ3n) is 9.02. The second-order valence-corrected chi connectivity index (χ2v) is 14.3. The molecule has 10 heteroatoms. The number of nitrogens with zero attached hydrogens (tertiary/aromatic N) is 4. The molecule has 6 rings (SSSR count). The lowest BCUT2D eigenvalue weighted by molar-refractivity contribution is 0.0465. The van der Waals surface area contributed by atoms with E-state index < -0.39 is 9.84 Å². The number of hydrogen-bond acceptors (Lipinski definition) is 7. The quantitative estimate of drug-likeness (QED) is 0.451. The van der Waals surface area contributed by atoms with Gasteiger partial charge in [0.2, 0.25) is 5.95 Å². The number of fused-ring (bicyclic) bond motifs is 1. The van der Waals surface area contributed by atoms with E-state index >= 15 is 0 Å². The summed E-state index contributed by atoms with van der Waals surface area (Å²) in [4.78, 5) is 24.7. The van der Waals surface area contributed by atoms with Gasteiger partial charge in [-0.15, -0.1) is 0 Å². The zero-order valence-corrected chi connectivity index (χ0v) is 23.6. The third kappa shape index (κ3) is 4.52. The highest BCUT2D eigenvalue weighted by Gasteiger charge is 2.50. The molecule has 38 heavy (non-hydrogen) atoms. The lowest BCUT2D eigenvalue weighted by Gasteiger charge is -2.51. The Morgan fingerprint density at radius 3 is 2.53 bits per heavy atom. The molecule has 3 heterocycles. The number of anilines is 2. The van der Waals surface area contributed by atoms with E-state index in [9.17, 15) is 13.2 Å². The number of likely N-dealkylation sites (tertiary alicyclic amines) is 1. The molecule has 0 amide bonds. The predicted molar refractivity (Wildman–Crippen MR) is 150 cm³/mol. The van der Waals surface area contributed by atoms with Gasteiger partial charge in [0.1, 0.15) is 10.7 Å². The summed E-state index contributed by atoms with van der Waals surface area (Å²) in [5, 5.41) is 3.79. The van der Waals surface area contributed by atoms with Crippen LogP contribution in [0.2, 0.25) is 5.02 Å². The van der Waals surface area contributed by atoms with Crippen LogP contribution < -0.4 is 10.9 Å². The molecule has 1 N–H and O–H groups in total. The van der Waals surface area contributed by atoms with Gasteiger partial charge in [0.05, 0.1) is 10.1 Å².